The van der Waals surface area contributed by atoms with E-state index in [9.17, 15) is 4.79 Å². The third kappa shape index (κ3) is 2.69. The lowest BCUT2D eigenvalue weighted by atomic mass is 10.0. The molecule has 3 saturated heterocycles. The fraction of sp³-hybridized carbons (Fsp3) is 0.688. The van der Waals surface area contributed by atoms with Crippen LogP contribution in [-0.2, 0) is 20.8 Å². The minimum absolute atomic E-state index is 0.00997. The van der Waals surface area contributed by atoms with Crippen molar-refractivity contribution in [2.45, 2.75) is 25.1 Å². The zero-order valence-corrected chi connectivity index (χ0v) is 13.5. The van der Waals surface area contributed by atoms with E-state index in [4.69, 9.17) is 9.47 Å². The average Bonchev–Trinajstić information content (AvgIpc) is 3.27. The Kier molecular flexibility index (Phi) is 4.17. The predicted molar refractivity (Wildman–Crippen MR) is 83.8 cm³/mol. The molecule has 3 aliphatic rings. The van der Waals surface area contributed by atoms with Crippen LogP contribution in [0.3, 0.4) is 0 Å². The first-order chi connectivity index (χ1) is 10.8. The average molecular weight is 322 g/mol. The van der Waals surface area contributed by atoms with E-state index in [1.165, 1.54) is 5.56 Å². The molecular weight excluding hydrogens is 300 g/mol. The van der Waals surface area contributed by atoms with Crippen LogP contribution in [0.2, 0.25) is 0 Å². The van der Waals surface area contributed by atoms with E-state index in [0.29, 0.717) is 19.3 Å². The summed E-state index contributed by atoms with van der Waals surface area (Å²) in [6, 6.07) is 2.57. The van der Waals surface area contributed by atoms with Gasteiger partial charge in [0.2, 0.25) is 5.91 Å². The highest BCUT2D eigenvalue weighted by molar-refractivity contribution is 7.07. The van der Waals surface area contributed by atoms with Crippen LogP contribution in [0.5, 0.6) is 0 Å². The smallest absolute Gasteiger partial charge is 0.229 e. The van der Waals surface area contributed by atoms with E-state index in [1.54, 1.807) is 11.3 Å². The number of morpholine rings is 1. The molecule has 1 aromatic rings. The Morgan fingerprint density at radius 1 is 1.32 bits per heavy atom. The van der Waals surface area contributed by atoms with Crippen LogP contribution in [0.25, 0.3) is 0 Å². The lowest BCUT2D eigenvalue weighted by Crippen LogP contribution is -2.46. The van der Waals surface area contributed by atoms with Crippen LogP contribution < -0.4 is 0 Å². The number of carbonyl (C=O) groups is 1. The molecule has 6 heteroatoms. The number of amides is 1. The topological polar surface area (TPSA) is 42.0 Å². The normalized spacial score (nSPS) is 32.4. The molecule has 0 N–H and O–H groups in total. The van der Waals surface area contributed by atoms with Crippen LogP contribution in [-0.4, -0.2) is 67.3 Å². The van der Waals surface area contributed by atoms with E-state index < -0.39 is 0 Å². The molecule has 22 heavy (non-hydrogen) atoms. The zero-order chi connectivity index (χ0) is 14.9. The minimum Gasteiger partial charge on any atom is -0.378 e. The molecule has 120 valence electrons. The van der Waals surface area contributed by atoms with Gasteiger partial charge in [0.25, 0.3) is 0 Å². The minimum atomic E-state index is -0.00997. The molecule has 5 nitrogen and oxygen atoms in total. The second-order valence-corrected chi connectivity index (χ2v) is 7.08. The summed E-state index contributed by atoms with van der Waals surface area (Å²) in [6.07, 6.45) is 1.12. The Morgan fingerprint density at radius 2 is 2.18 bits per heavy atom. The number of carbonyl (C=O) groups excluding carboxylic acids is 1. The molecular formula is C16H22N2O3S. The van der Waals surface area contributed by atoms with Crippen molar-refractivity contribution in [3.63, 3.8) is 0 Å². The second kappa shape index (κ2) is 6.28. The van der Waals surface area contributed by atoms with Gasteiger partial charge in [0.05, 0.1) is 25.2 Å². The van der Waals surface area contributed by atoms with Crippen molar-refractivity contribution in [1.29, 1.82) is 0 Å². The molecule has 1 amide bonds. The maximum atomic E-state index is 12.9. The molecule has 3 atom stereocenters. The Morgan fingerprint density at radius 3 is 2.95 bits per heavy atom. The molecule has 1 aromatic heterocycles. The van der Waals surface area contributed by atoms with E-state index in [2.05, 4.69) is 21.7 Å². The summed E-state index contributed by atoms with van der Waals surface area (Å²) < 4.78 is 11.3. The Labute approximate surface area is 134 Å². The van der Waals surface area contributed by atoms with Crippen LogP contribution in [0.1, 0.15) is 12.0 Å². The number of thiophene rings is 1. The van der Waals surface area contributed by atoms with Crippen molar-refractivity contribution in [2.75, 3.05) is 39.5 Å². The summed E-state index contributed by atoms with van der Waals surface area (Å²) in [5.41, 5.74) is 1.34. The number of hydrogen-bond donors (Lipinski definition) is 0. The lowest BCUT2D eigenvalue weighted by Gasteiger charge is -2.30. The molecule has 0 aliphatic carbocycles. The van der Waals surface area contributed by atoms with E-state index in [0.717, 1.165) is 39.2 Å². The summed E-state index contributed by atoms with van der Waals surface area (Å²) in [6.45, 7) is 5.29. The maximum absolute atomic E-state index is 12.9. The SMILES string of the molecule is O=C([C@@H]1CN(Cc2ccsc2)[C@H]2CCO[C@@H]12)N1CCOCC1. The highest BCUT2D eigenvalue weighted by Crippen LogP contribution is 2.35. The summed E-state index contributed by atoms with van der Waals surface area (Å²) in [4.78, 5) is 17.3. The van der Waals surface area contributed by atoms with Crippen molar-refractivity contribution in [3.8, 4) is 0 Å². The molecule has 3 aliphatic heterocycles. The van der Waals surface area contributed by atoms with Crippen molar-refractivity contribution in [2.24, 2.45) is 5.92 Å². The summed E-state index contributed by atoms with van der Waals surface area (Å²) in [5.74, 6) is 0.247. The van der Waals surface area contributed by atoms with Crippen LogP contribution in [0, 0.1) is 5.92 Å². The molecule has 0 bridgehead atoms. The van der Waals surface area contributed by atoms with Gasteiger partial charge in [-0.15, -0.1) is 0 Å². The van der Waals surface area contributed by atoms with E-state index >= 15 is 0 Å². The number of rotatable bonds is 3. The lowest BCUT2D eigenvalue weighted by molar-refractivity contribution is -0.142. The van der Waals surface area contributed by atoms with Crippen LogP contribution >= 0.6 is 11.3 Å². The molecule has 0 unspecified atom stereocenters. The first-order valence-corrected chi connectivity index (χ1v) is 9.00. The third-order valence-electron chi connectivity index (χ3n) is 5.01. The molecule has 4 rings (SSSR count). The molecule has 0 aromatic carbocycles. The van der Waals surface area contributed by atoms with Crippen molar-refractivity contribution >= 4 is 17.2 Å². The van der Waals surface area contributed by atoms with Crippen LogP contribution in [0.4, 0.5) is 0 Å². The van der Waals surface area contributed by atoms with Gasteiger partial charge in [-0.1, -0.05) is 0 Å². The molecule has 0 radical (unpaired) electrons. The van der Waals surface area contributed by atoms with Gasteiger partial charge in [0, 0.05) is 38.8 Å². The highest BCUT2D eigenvalue weighted by atomic mass is 32.1. The number of hydrogen-bond acceptors (Lipinski definition) is 5. The maximum Gasteiger partial charge on any atom is 0.229 e. The molecule has 0 spiro atoms. The quantitative estimate of drug-likeness (QED) is 0.838. The van der Waals surface area contributed by atoms with Gasteiger partial charge in [0.1, 0.15) is 0 Å². The first-order valence-electron chi connectivity index (χ1n) is 8.06. The van der Waals surface area contributed by atoms with Gasteiger partial charge in [-0.2, -0.15) is 11.3 Å². The highest BCUT2D eigenvalue weighted by Gasteiger charge is 2.49. The van der Waals surface area contributed by atoms with Gasteiger partial charge in [0.15, 0.2) is 0 Å². The van der Waals surface area contributed by atoms with Gasteiger partial charge in [-0.05, 0) is 28.8 Å². The third-order valence-corrected chi connectivity index (χ3v) is 5.74. The number of likely N-dealkylation sites (tertiary alicyclic amines) is 1. The zero-order valence-electron chi connectivity index (χ0n) is 12.6. The van der Waals surface area contributed by atoms with E-state index in [-0.39, 0.29) is 17.9 Å². The Bertz CT molecular complexity index is 515. The van der Waals surface area contributed by atoms with Crippen molar-refractivity contribution in [3.05, 3.63) is 22.4 Å². The largest absolute Gasteiger partial charge is 0.378 e. The first kappa shape index (κ1) is 14.6. The number of fused-ring (bicyclic) bond motifs is 1. The summed E-state index contributed by atoms with van der Waals surface area (Å²) in [7, 11) is 0. The Hall–Kier alpha value is -0.950. The van der Waals surface area contributed by atoms with Gasteiger partial charge in [-0.25, -0.2) is 0 Å². The number of nitrogens with zero attached hydrogens (tertiary/aromatic N) is 2. The van der Waals surface area contributed by atoms with Gasteiger partial charge in [-0.3, -0.25) is 9.69 Å². The van der Waals surface area contributed by atoms with Crippen molar-refractivity contribution in [1.82, 2.24) is 9.80 Å². The summed E-state index contributed by atoms with van der Waals surface area (Å²) in [5, 5.41) is 4.31. The van der Waals surface area contributed by atoms with E-state index in [1.807, 2.05) is 4.90 Å². The molecule has 4 heterocycles. The standard InChI is InChI=1S/C16H22N2O3S/c19-16(17-3-6-20-7-4-17)13-10-18(9-12-2-8-22-11-12)14-1-5-21-15(13)14/h2,8,11,13-15H,1,3-7,9-10H2/t13-,14+,15+/m1/s1. The van der Waals surface area contributed by atoms with Gasteiger partial charge >= 0.3 is 0 Å². The van der Waals surface area contributed by atoms with Crippen molar-refractivity contribution < 1.29 is 14.3 Å². The molecule has 0 saturated carbocycles. The fourth-order valence-electron chi connectivity index (χ4n) is 3.90. The number of ether oxygens (including phenoxy) is 2. The monoisotopic (exact) mass is 322 g/mol. The fourth-order valence-corrected chi connectivity index (χ4v) is 4.56. The second-order valence-electron chi connectivity index (χ2n) is 6.30. The summed E-state index contributed by atoms with van der Waals surface area (Å²) >= 11 is 1.73. The van der Waals surface area contributed by atoms with Gasteiger partial charge < -0.3 is 14.4 Å². The molecule has 3 fully saturated rings. The van der Waals surface area contributed by atoms with Crippen LogP contribution in [0.15, 0.2) is 16.8 Å². The predicted octanol–water partition coefficient (Wildman–Crippen LogP) is 1.20. The Balaban J connectivity index is 1.47.